The number of carbonyl (C=O) groups excluding carboxylic acids is 3. The maximum absolute atomic E-state index is 12.1. The SMILES string of the molecule is N#Cc1cccc(OCC(=O)ON2C(=O)c3ccccc3C2=O)c1. The third-order valence-corrected chi connectivity index (χ3v) is 3.27. The highest BCUT2D eigenvalue weighted by atomic mass is 16.7. The molecule has 118 valence electrons. The van der Waals surface area contributed by atoms with Crippen LogP contribution in [0.5, 0.6) is 5.75 Å². The van der Waals surface area contributed by atoms with Crippen LogP contribution in [0.1, 0.15) is 26.3 Å². The largest absolute Gasteiger partial charge is 0.482 e. The molecule has 0 N–H and O–H groups in total. The molecular weight excluding hydrogens is 312 g/mol. The lowest BCUT2D eigenvalue weighted by atomic mass is 10.1. The molecule has 0 aromatic heterocycles. The summed E-state index contributed by atoms with van der Waals surface area (Å²) in [4.78, 5) is 40.7. The Morgan fingerprint density at radius 1 is 1.04 bits per heavy atom. The van der Waals surface area contributed by atoms with E-state index in [1.807, 2.05) is 6.07 Å². The van der Waals surface area contributed by atoms with Crippen molar-refractivity contribution in [1.29, 1.82) is 5.26 Å². The zero-order valence-corrected chi connectivity index (χ0v) is 12.3. The van der Waals surface area contributed by atoms with Gasteiger partial charge >= 0.3 is 5.97 Å². The number of carbonyl (C=O) groups is 3. The monoisotopic (exact) mass is 322 g/mol. The first kappa shape index (κ1) is 15.2. The minimum atomic E-state index is -0.910. The van der Waals surface area contributed by atoms with Gasteiger partial charge in [0.2, 0.25) is 0 Å². The van der Waals surface area contributed by atoms with Crippen LogP contribution < -0.4 is 4.74 Å². The van der Waals surface area contributed by atoms with Crippen LogP contribution in [0.2, 0.25) is 0 Å². The Hall–Kier alpha value is -3.66. The molecule has 0 bridgehead atoms. The second kappa shape index (κ2) is 6.22. The van der Waals surface area contributed by atoms with Crippen molar-refractivity contribution >= 4 is 17.8 Å². The third kappa shape index (κ3) is 2.80. The van der Waals surface area contributed by atoms with Crippen molar-refractivity contribution < 1.29 is 24.0 Å². The first-order valence-electron chi connectivity index (χ1n) is 6.91. The molecule has 2 aromatic rings. The number of nitriles is 1. The van der Waals surface area contributed by atoms with Gasteiger partial charge in [-0.3, -0.25) is 9.59 Å². The fraction of sp³-hybridized carbons (Fsp3) is 0.0588. The van der Waals surface area contributed by atoms with Crippen LogP contribution in [-0.4, -0.2) is 29.5 Å². The topological polar surface area (TPSA) is 96.7 Å². The van der Waals surface area contributed by atoms with E-state index < -0.39 is 24.4 Å². The molecule has 3 rings (SSSR count). The molecule has 1 heterocycles. The minimum absolute atomic E-state index is 0.179. The number of hydrogen-bond acceptors (Lipinski definition) is 6. The summed E-state index contributed by atoms with van der Waals surface area (Å²) in [6.07, 6.45) is 0. The van der Waals surface area contributed by atoms with Crippen LogP contribution in [0.3, 0.4) is 0 Å². The molecule has 0 atom stereocenters. The lowest BCUT2D eigenvalue weighted by molar-refractivity contribution is -0.170. The zero-order valence-electron chi connectivity index (χ0n) is 12.3. The first-order chi connectivity index (χ1) is 11.6. The number of amides is 2. The molecule has 7 nitrogen and oxygen atoms in total. The maximum Gasteiger partial charge on any atom is 0.370 e. The summed E-state index contributed by atoms with van der Waals surface area (Å²) >= 11 is 0. The molecule has 0 radical (unpaired) electrons. The number of fused-ring (bicyclic) bond motifs is 1. The van der Waals surface area contributed by atoms with E-state index in [-0.39, 0.29) is 11.1 Å². The summed E-state index contributed by atoms with van der Waals surface area (Å²) in [6, 6.07) is 14.3. The van der Waals surface area contributed by atoms with Crippen LogP contribution >= 0.6 is 0 Å². The molecule has 2 amide bonds. The Kier molecular flexibility index (Phi) is 3.95. The highest BCUT2D eigenvalue weighted by Gasteiger charge is 2.38. The summed E-state index contributed by atoms with van der Waals surface area (Å²) in [5.74, 6) is -2.01. The lowest BCUT2D eigenvalue weighted by Crippen LogP contribution is -2.34. The van der Waals surface area contributed by atoms with E-state index in [1.54, 1.807) is 30.3 Å². The van der Waals surface area contributed by atoms with E-state index in [1.165, 1.54) is 18.2 Å². The van der Waals surface area contributed by atoms with Crippen molar-refractivity contribution in [3.63, 3.8) is 0 Å². The second-order valence-electron chi connectivity index (χ2n) is 4.84. The summed E-state index contributed by atoms with van der Waals surface area (Å²) < 4.78 is 5.19. The normalized spacial score (nSPS) is 12.5. The number of nitrogens with zero attached hydrogens (tertiary/aromatic N) is 2. The minimum Gasteiger partial charge on any atom is -0.482 e. The zero-order chi connectivity index (χ0) is 17.1. The standard InChI is InChI=1S/C17H10N2O5/c18-9-11-4-3-5-12(8-11)23-10-15(20)24-19-16(21)13-6-1-2-7-14(13)17(19)22/h1-8H,10H2. The Morgan fingerprint density at radius 3 is 2.33 bits per heavy atom. The van der Waals surface area contributed by atoms with Crippen LogP contribution in [0.25, 0.3) is 0 Å². The highest BCUT2D eigenvalue weighted by molar-refractivity contribution is 6.20. The van der Waals surface area contributed by atoms with Crippen molar-refractivity contribution in [3.05, 3.63) is 65.2 Å². The van der Waals surface area contributed by atoms with Gasteiger partial charge in [-0.15, -0.1) is 0 Å². The van der Waals surface area contributed by atoms with Gasteiger partial charge in [-0.1, -0.05) is 23.3 Å². The van der Waals surface area contributed by atoms with Gasteiger partial charge in [0.1, 0.15) is 5.75 Å². The fourth-order valence-corrected chi connectivity index (χ4v) is 2.18. The summed E-state index contributed by atoms with van der Waals surface area (Å²) in [6.45, 7) is -0.512. The van der Waals surface area contributed by atoms with E-state index >= 15 is 0 Å². The van der Waals surface area contributed by atoms with Crippen LogP contribution in [0.4, 0.5) is 0 Å². The van der Waals surface area contributed by atoms with Crippen molar-refractivity contribution in [3.8, 4) is 11.8 Å². The van der Waals surface area contributed by atoms with Gasteiger partial charge in [0.15, 0.2) is 6.61 Å². The fourth-order valence-electron chi connectivity index (χ4n) is 2.18. The molecule has 0 fully saturated rings. The Balaban J connectivity index is 1.63. The van der Waals surface area contributed by atoms with Gasteiger partial charge in [-0.25, -0.2) is 4.79 Å². The third-order valence-electron chi connectivity index (χ3n) is 3.27. The summed E-state index contributed by atoms with van der Waals surface area (Å²) in [5.41, 5.74) is 0.733. The lowest BCUT2D eigenvalue weighted by Gasteiger charge is -2.13. The molecule has 7 heteroatoms. The van der Waals surface area contributed by atoms with Crippen molar-refractivity contribution in [2.24, 2.45) is 0 Å². The number of hydroxylamine groups is 2. The number of imide groups is 1. The molecule has 1 aliphatic heterocycles. The number of rotatable bonds is 4. The molecule has 0 aliphatic carbocycles. The Labute approximate surface area is 136 Å². The molecule has 0 saturated carbocycles. The van der Waals surface area contributed by atoms with Gasteiger partial charge in [0.25, 0.3) is 11.8 Å². The smallest absolute Gasteiger partial charge is 0.370 e. The average Bonchev–Trinajstić information content (AvgIpc) is 2.85. The predicted molar refractivity (Wildman–Crippen MR) is 79.7 cm³/mol. The second-order valence-corrected chi connectivity index (χ2v) is 4.84. The molecule has 0 unspecified atom stereocenters. The first-order valence-corrected chi connectivity index (χ1v) is 6.91. The Bertz CT molecular complexity index is 850. The number of hydrogen-bond donors (Lipinski definition) is 0. The van der Waals surface area contributed by atoms with Gasteiger partial charge < -0.3 is 9.57 Å². The van der Waals surface area contributed by atoms with Crippen LogP contribution in [0.15, 0.2) is 48.5 Å². The van der Waals surface area contributed by atoms with Crippen molar-refractivity contribution in [1.82, 2.24) is 5.06 Å². The average molecular weight is 322 g/mol. The quantitative estimate of drug-likeness (QED) is 0.795. The van der Waals surface area contributed by atoms with Gasteiger partial charge in [-0.05, 0) is 30.3 Å². The molecule has 24 heavy (non-hydrogen) atoms. The Morgan fingerprint density at radius 2 is 1.71 bits per heavy atom. The van der Waals surface area contributed by atoms with Gasteiger partial charge in [-0.2, -0.15) is 5.26 Å². The van der Waals surface area contributed by atoms with Crippen LogP contribution in [-0.2, 0) is 9.63 Å². The maximum atomic E-state index is 12.1. The van der Waals surface area contributed by atoms with Crippen molar-refractivity contribution in [2.45, 2.75) is 0 Å². The number of ether oxygens (including phenoxy) is 1. The van der Waals surface area contributed by atoms with Gasteiger partial charge in [0, 0.05) is 0 Å². The summed E-state index contributed by atoms with van der Waals surface area (Å²) in [7, 11) is 0. The van der Waals surface area contributed by atoms with E-state index in [4.69, 9.17) is 14.8 Å². The molecule has 1 aliphatic rings. The molecule has 2 aromatic carbocycles. The summed E-state index contributed by atoms with van der Waals surface area (Å²) in [5, 5.41) is 9.21. The molecule has 0 saturated heterocycles. The van der Waals surface area contributed by atoms with E-state index in [2.05, 4.69) is 0 Å². The van der Waals surface area contributed by atoms with Crippen LogP contribution in [0, 0.1) is 11.3 Å². The van der Waals surface area contributed by atoms with Crippen molar-refractivity contribution in [2.75, 3.05) is 6.61 Å². The highest BCUT2D eigenvalue weighted by Crippen LogP contribution is 2.22. The van der Waals surface area contributed by atoms with E-state index in [9.17, 15) is 14.4 Å². The van der Waals surface area contributed by atoms with E-state index in [0.717, 1.165) is 0 Å². The molecular formula is C17H10N2O5. The predicted octanol–water partition coefficient (Wildman–Crippen LogP) is 1.69. The van der Waals surface area contributed by atoms with E-state index in [0.29, 0.717) is 16.4 Å². The van der Waals surface area contributed by atoms with Gasteiger partial charge in [0.05, 0.1) is 22.8 Å². The molecule has 0 spiro atoms. The number of benzene rings is 2.